The minimum Gasteiger partial charge on any atom is -0.459 e. The average molecular weight is 465 g/mol. The number of furan rings is 1. The van der Waals surface area contributed by atoms with E-state index in [1.807, 2.05) is 18.2 Å². The highest BCUT2D eigenvalue weighted by atomic mass is 19.3. The molecule has 5 nitrogen and oxygen atoms in total. The van der Waals surface area contributed by atoms with E-state index >= 15 is 0 Å². The van der Waals surface area contributed by atoms with E-state index in [2.05, 4.69) is 4.98 Å². The molecule has 2 aromatic heterocycles. The van der Waals surface area contributed by atoms with Gasteiger partial charge in [0.25, 0.3) is 11.8 Å². The quantitative estimate of drug-likeness (QED) is 0.424. The topological polar surface area (TPSA) is 72.4 Å². The minimum absolute atomic E-state index is 0.0368. The SMILES string of the molecule is NCc1cc2cc(-c3ccc(C(=O)N4CCC(F)(F)CC4)cc3)cc(-c3ccncc3F)c2o1. The predicted molar refractivity (Wildman–Crippen MR) is 123 cm³/mol. The molecule has 1 aliphatic rings. The van der Waals surface area contributed by atoms with Crippen molar-refractivity contribution in [2.45, 2.75) is 25.3 Å². The van der Waals surface area contributed by atoms with E-state index < -0.39 is 11.7 Å². The number of hydrogen-bond acceptors (Lipinski definition) is 4. The molecule has 2 N–H and O–H groups in total. The second-order valence-electron chi connectivity index (χ2n) is 8.44. The number of carbonyl (C=O) groups is 1. The minimum atomic E-state index is -2.71. The molecule has 0 unspecified atom stereocenters. The zero-order valence-electron chi connectivity index (χ0n) is 18.2. The lowest BCUT2D eigenvalue weighted by Gasteiger charge is -2.31. The Morgan fingerprint density at radius 3 is 2.44 bits per heavy atom. The number of halogens is 3. The van der Waals surface area contributed by atoms with Crippen molar-refractivity contribution in [3.05, 3.63) is 78.1 Å². The fourth-order valence-corrected chi connectivity index (χ4v) is 4.29. The van der Waals surface area contributed by atoms with Crippen LogP contribution in [0, 0.1) is 5.82 Å². The largest absolute Gasteiger partial charge is 0.459 e. The lowest BCUT2D eigenvalue weighted by molar-refractivity contribution is -0.0494. The number of rotatable bonds is 4. The van der Waals surface area contributed by atoms with Crippen LogP contribution in [-0.4, -0.2) is 34.8 Å². The molecule has 0 atom stereocenters. The van der Waals surface area contributed by atoms with Gasteiger partial charge in [-0.05, 0) is 47.5 Å². The van der Waals surface area contributed by atoms with Crippen LogP contribution in [0.2, 0.25) is 0 Å². The van der Waals surface area contributed by atoms with Crippen LogP contribution in [0.5, 0.6) is 0 Å². The molecule has 34 heavy (non-hydrogen) atoms. The van der Waals surface area contributed by atoms with Gasteiger partial charge in [0.05, 0.1) is 12.7 Å². The van der Waals surface area contributed by atoms with Gasteiger partial charge >= 0.3 is 0 Å². The van der Waals surface area contributed by atoms with Gasteiger partial charge in [-0.1, -0.05) is 12.1 Å². The molecule has 1 fully saturated rings. The highest BCUT2D eigenvalue weighted by Crippen LogP contribution is 2.37. The first-order valence-corrected chi connectivity index (χ1v) is 11.0. The number of fused-ring (bicyclic) bond motifs is 1. The van der Waals surface area contributed by atoms with Gasteiger partial charge in [-0.25, -0.2) is 13.2 Å². The molecule has 0 aliphatic carbocycles. The molecule has 0 spiro atoms. The molecule has 4 aromatic rings. The number of piperidine rings is 1. The second kappa shape index (κ2) is 8.61. The van der Waals surface area contributed by atoms with Crippen LogP contribution in [0.25, 0.3) is 33.2 Å². The molecule has 1 aliphatic heterocycles. The lowest BCUT2D eigenvalue weighted by atomic mass is 9.96. The Labute approximate surface area is 194 Å². The number of pyridine rings is 1. The molecular weight excluding hydrogens is 443 g/mol. The number of nitrogens with zero attached hydrogens (tertiary/aromatic N) is 2. The summed E-state index contributed by atoms with van der Waals surface area (Å²) in [5.41, 5.74) is 9.26. The summed E-state index contributed by atoms with van der Waals surface area (Å²) in [6.07, 6.45) is 2.03. The van der Waals surface area contributed by atoms with Crippen molar-refractivity contribution in [1.82, 2.24) is 9.88 Å². The van der Waals surface area contributed by atoms with Gasteiger partial charge in [0.1, 0.15) is 17.2 Å². The maximum absolute atomic E-state index is 14.6. The lowest BCUT2D eigenvalue weighted by Crippen LogP contribution is -2.42. The smallest absolute Gasteiger partial charge is 0.253 e. The summed E-state index contributed by atoms with van der Waals surface area (Å²) in [5.74, 6) is -2.86. The number of nitrogens with two attached hydrogens (primary N) is 1. The van der Waals surface area contributed by atoms with Gasteiger partial charge in [0.2, 0.25) is 0 Å². The molecule has 0 bridgehead atoms. The number of alkyl halides is 2. The molecule has 3 heterocycles. The summed E-state index contributed by atoms with van der Waals surface area (Å²) in [6.45, 7) is 0.283. The second-order valence-corrected chi connectivity index (χ2v) is 8.44. The van der Waals surface area contributed by atoms with Gasteiger partial charge < -0.3 is 15.1 Å². The Kier molecular flexibility index (Phi) is 5.61. The molecule has 0 saturated carbocycles. The number of benzene rings is 2. The van der Waals surface area contributed by atoms with Crippen molar-refractivity contribution in [2.24, 2.45) is 5.73 Å². The number of carbonyl (C=O) groups excluding carboxylic acids is 1. The third-order valence-corrected chi connectivity index (χ3v) is 6.18. The summed E-state index contributed by atoms with van der Waals surface area (Å²) in [5, 5.41) is 0.776. The van der Waals surface area contributed by atoms with Crippen LogP contribution in [0.15, 0.2) is 65.3 Å². The van der Waals surface area contributed by atoms with E-state index in [4.69, 9.17) is 10.2 Å². The van der Waals surface area contributed by atoms with Crippen molar-refractivity contribution in [3.63, 3.8) is 0 Å². The van der Waals surface area contributed by atoms with Gasteiger partial charge in [0.15, 0.2) is 0 Å². The molecule has 8 heteroatoms. The molecule has 1 saturated heterocycles. The zero-order chi connectivity index (χ0) is 23.9. The van der Waals surface area contributed by atoms with E-state index in [0.29, 0.717) is 28.0 Å². The fourth-order valence-electron chi connectivity index (χ4n) is 4.29. The van der Waals surface area contributed by atoms with Crippen molar-refractivity contribution in [2.75, 3.05) is 13.1 Å². The van der Waals surface area contributed by atoms with Crippen LogP contribution in [0.3, 0.4) is 0 Å². The van der Waals surface area contributed by atoms with E-state index in [9.17, 15) is 18.0 Å². The number of aromatic nitrogens is 1. The maximum atomic E-state index is 14.6. The first-order valence-electron chi connectivity index (χ1n) is 11.0. The van der Waals surface area contributed by atoms with Crippen LogP contribution >= 0.6 is 0 Å². The van der Waals surface area contributed by atoms with Gasteiger partial charge in [-0.15, -0.1) is 0 Å². The van der Waals surface area contributed by atoms with Crippen molar-refractivity contribution in [1.29, 1.82) is 0 Å². The molecule has 174 valence electrons. The Balaban J connectivity index is 1.50. The summed E-state index contributed by atoms with van der Waals surface area (Å²) in [7, 11) is 0. The molecule has 5 rings (SSSR count). The molecular formula is C26H22F3N3O2. The molecule has 0 radical (unpaired) electrons. The zero-order valence-corrected chi connectivity index (χ0v) is 18.2. The van der Waals surface area contributed by atoms with Crippen molar-refractivity contribution >= 4 is 16.9 Å². The van der Waals surface area contributed by atoms with E-state index in [1.165, 1.54) is 11.1 Å². The van der Waals surface area contributed by atoms with Crippen LogP contribution in [0.4, 0.5) is 13.2 Å². The number of amides is 1. The standard InChI is InChI=1S/C26H22F3N3O2/c27-23-15-31-8-5-21(23)22-13-18(11-19-12-20(14-30)34-24(19)22)16-1-3-17(4-2-16)25(33)32-9-6-26(28,29)7-10-32/h1-5,8,11-13,15H,6-7,9-10,14,30H2. The van der Waals surface area contributed by atoms with E-state index in [-0.39, 0.29) is 38.4 Å². The highest BCUT2D eigenvalue weighted by Gasteiger charge is 2.35. The van der Waals surface area contributed by atoms with Crippen LogP contribution in [-0.2, 0) is 6.54 Å². The summed E-state index contributed by atoms with van der Waals surface area (Å²) >= 11 is 0. The Bertz CT molecular complexity index is 1360. The molecule has 1 amide bonds. The summed E-state index contributed by atoms with van der Waals surface area (Å²) in [4.78, 5) is 18.0. The van der Waals surface area contributed by atoms with Gasteiger partial charge in [-0.3, -0.25) is 9.78 Å². The number of hydrogen-bond donors (Lipinski definition) is 1. The Morgan fingerprint density at radius 1 is 1.03 bits per heavy atom. The highest BCUT2D eigenvalue weighted by molar-refractivity contribution is 5.98. The average Bonchev–Trinajstić information content (AvgIpc) is 3.27. The first kappa shape index (κ1) is 22.2. The third kappa shape index (κ3) is 4.17. The normalized spacial score (nSPS) is 15.6. The maximum Gasteiger partial charge on any atom is 0.253 e. The third-order valence-electron chi connectivity index (χ3n) is 6.18. The van der Waals surface area contributed by atoms with Gasteiger partial charge in [0, 0.05) is 54.2 Å². The van der Waals surface area contributed by atoms with E-state index in [0.717, 1.165) is 22.7 Å². The predicted octanol–water partition coefficient (Wildman–Crippen LogP) is 5.63. The number of likely N-dealkylation sites (tertiary alicyclic amines) is 1. The van der Waals surface area contributed by atoms with Gasteiger partial charge in [-0.2, -0.15) is 0 Å². The Morgan fingerprint density at radius 2 is 1.76 bits per heavy atom. The summed E-state index contributed by atoms with van der Waals surface area (Å²) < 4.78 is 47.3. The monoisotopic (exact) mass is 465 g/mol. The van der Waals surface area contributed by atoms with Crippen LogP contribution in [0.1, 0.15) is 29.0 Å². The van der Waals surface area contributed by atoms with Crippen molar-refractivity contribution in [3.8, 4) is 22.3 Å². The van der Waals surface area contributed by atoms with E-state index in [1.54, 1.807) is 30.3 Å². The Hall–Kier alpha value is -3.65. The van der Waals surface area contributed by atoms with Crippen molar-refractivity contribution < 1.29 is 22.4 Å². The fraction of sp³-hybridized carbons (Fsp3) is 0.231. The molecule has 2 aromatic carbocycles. The summed E-state index contributed by atoms with van der Waals surface area (Å²) in [6, 6.07) is 14.1. The first-order chi connectivity index (χ1) is 16.3. The van der Waals surface area contributed by atoms with Crippen LogP contribution < -0.4 is 5.73 Å².